The van der Waals surface area contributed by atoms with Crippen molar-refractivity contribution in [3.05, 3.63) is 138 Å². The molecule has 0 saturated carbocycles. The van der Waals surface area contributed by atoms with Crippen molar-refractivity contribution in [3.63, 3.8) is 0 Å². The molecule has 1 aliphatic rings. The Morgan fingerprint density at radius 3 is 1.59 bits per heavy atom. The van der Waals surface area contributed by atoms with Crippen molar-refractivity contribution in [1.82, 2.24) is 0 Å². The van der Waals surface area contributed by atoms with E-state index in [0.717, 1.165) is 21.6 Å². The summed E-state index contributed by atoms with van der Waals surface area (Å²) in [6.07, 6.45) is -2.64. The van der Waals surface area contributed by atoms with Crippen LogP contribution in [-0.4, -0.2) is 41.6 Å². The molecule has 1 fully saturated rings. The van der Waals surface area contributed by atoms with E-state index >= 15 is 0 Å². The average Bonchev–Trinajstić information content (AvgIpc) is 2.99. The SMILES string of the molecule is O[C@@H]1[C@@H](OCc2ccccc2)[C@H](Sc2ccccc2)O[C@H](COCc2ccccc2)[C@H]1OCc1ccccc1. The Balaban J connectivity index is 1.35. The molecular formula is C33H34O5S. The molecule has 0 aromatic heterocycles. The van der Waals surface area contributed by atoms with Crippen molar-refractivity contribution in [2.45, 2.75) is 54.6 Å². The molecule has 0 aliphatic carbocycles. The number of ether oxygens (including phenoxy) is 4. The summed E-state index contributed by atoms with van der Waals surface area (Å²) in [6, 6.07) is 40.0. The molecule has 5 atom stereocenters. The van der Waals surface area contributed by atoms with Gasteiger partial charge in [-0.2, -0.15) is 0 Å². The maximum absolute atomic E-state index is 11.7. The summed E-state index contributed by atoms with van der Waals surface area (Å²) >= 11 is 1.54. The fraction of sp³-hybridized carbons (Fsp3) is 0.273. The second-order valence-electron chi connectivity index (χ2n) is 9.49. The van der Waals surface area contributed by atoms with Crippen LogP contribution in [0.2, 0.25) is 0 Å². The van der Waals surface area contributed by atoms with Gasteiger partial charge in [0.2, 0.25) is 0 Å². The van der Waals surface area contributed by atoms with Crippen LogP contribution < -0.4 is 0 Å². The topological polar surface area (TPSA) is 57.2 Å². The summed E-state index contributed by atoms with van der Waals surface area (Å²) in [5.41, 5.74) is 2.68. The maximum atomic E-state index is 11.7. The standard InChI is InChI=1S/C33H34O5S/c34-30-31(36-22-26-15-7-2-8-16-26)29(24-35-21-25-13-5-1-6-14-25)38-33(39-28-19-11-4-12-20-28)32(30)37-23-27-17-9-3-10-18-27/h1-20,29-34H,21-24H2/t29-,30+,31-,32-,33+/m1/s1. The molecule has 4 aromatic rings. The smallest absolute Gasteiger partial charge is 0.137 e. The molecule has 0 amide bonds. The number of rotatable bonds is 12. The van der Waals surface area contributed by atoms with Gasteiger partial charge in [-0.05, 0) is 28.8 Å². The second-order valence-corrected chi connectivity index (χ2v) is 10.7. The lowest BCUT2D eigenvalue weighted by Gasteiger charge is -2.44. The molecule has 4 aromatic carbocycles. The first-order chi connectivity index (χ1) is 19.3. The summed E-state index contributed by atoms with van der Waals surface area (Å²) in [6.45, 7) is 1.44. The van der Waals surface area contributed by atoms with E-state index in [0.29, 0.717) is 19.8 Å². The van der Waals surface area contributed by atoms with Crippen LogP contribution in [0.15, 0.2) is 126 Å². The van der Waals surface area contributed by atoms with E-state index in [4.69, 9.17) is 18.9 Å². The lowest BCUT2D eigenvalue weighted by molar-refractivity contribution is -0.240. The fourth-order valence-corrected chi connectivity index (χ4v) is 5.70. The van der Waals surface area contributed by atoms with E-state index < -0.39 is 29.9 Å². The Morgan fingerprint density at radius 1 is 0.590 bits per heavy atom. The summed E-state index contributed by atoms with van der Waals surface area (Å²) in [7, 11) is 0. The Bertz CT molecular complexity index is 1220. The molecule has 5 rings (SSSR count). The molecule has 39 heavy (non-hydrogen) atoms. The van der Waals surface area contributed by atoms with Crippen molar-refractivity contribution < 1.29 is 24.1 Å². The van der Waals surface area contributed by atoms with Gasteiger partial charge in [-0.15, -0.1) is 0 Å². The predicted octanol–water partition coefficient (Wildman–Crippen LogP) is 6.25. The molecule has 6 heteroatoms. The molecule has 0 bridgehead atoms. The summed E-state index contributed by atoms with van der Waals surface area (Å²) in [5.74, 6) is 0. The minimum atomic E-state index is -0.919. The lowest BCUT2D eigenvalue weighted by atomic mass is 9.99. The molecule has 1 saturated heterocycles. The molecule has 0 unspecified atom stereocenters. The fourth-order valence-electron chi connectivity index (χ4n) is 4.54. The van der Waals surface area contributed by atoms with E-state index in [1.807, 2.05) is 121 Å². The third kappa shape index (κ3) is 8.02. The molecule has 1 aliphatic heterocycles. The van der Waals surface area contributed by atoms with Crippen LogP contribution in [0.1, 0.15) is 16.7 Å². The van der Waals surface area contributed by atoms with Crippen molar-refractivity contribution in [3.8, 4) is 0 Å². The van der Waals surface area contributed by atoms with Crippen LogP contribution in [0.4, 0.5) is 0 Å². The van der Waals surface area contributed by atoms with E-state index in [2.05, 4.69) is 0 Å². The van der Waals surface area contributed by atoms with Gasteiger partial charge in [0, 0.05) is 4.90 Å². The van der Waals surface area contributed by atoms with E-state index in [-0.39, 0.29) is 6.61 Å². The van der Waals surface area contributed by atoms with E-state index in [1.54, 1.807) is 11.8 Å². The first-order valence-corrected chi connectivity index (χ1v) is 14.1. The molecular weight excluding hydrogens is 508 g/mol. The highest BCUT2D eigenvalue weighted by atomic mass is 32.2. The number of benzene rings is 4. The van der Waals surface area contributed by atoms with Gasteiger partial charge in [0.1, 0.15) is 29.9 Å². The first-order valence-electron chi connectivity index (χ1n) is 13.2. The quantitative estimate of drug-likeness (QED) is 0.228. The zero-order valence-electron chi connectivity index (χ0n) is 21.8. The molecule has 202 valence electrons. The monoisotopic (exact) mass is 542 g/mol. The van der Waals surface area contributed by atoms with Gasteiger partial charge in [0.25, 0.3) is 0 Å². The summed E-state index contributed by atoms with van der Waals surface area (Å²) in [4.78, 5) is 1.04. The number of aliphatic hydroxyl groups excluding tert-OH is 1. The van der Waals surface area contributed by atoms with Crippen LogP contribution in [-0.2, 0) is 38.8 Å². The van der Waals surface area contributed by atoms with Gasteiger partial charge in [0.15, 0.2) is 0 Å². The lowest BCUT2D eigenvalue weighted by Crippen LogP contribution is -2.59. The third-order valence-corrected chi connectivity index (χ3v) is 7.73. The Kier molecular flexibility index (Phi) is 10.2. The summed E-state index contributed by atoms with van der Waals surface area (Å²) < 4.78 is 25.4. The minimum Gasteiger partial charge on any atom is -0.387 e. The average molecular weight is 543 g/mol. The normalized spacial score (nSPS) is 22.9. The number of thioether (sulfide) groups is 1. The minimum absolute atomic E-state index is 0.280. The molecule has 0 radical (unpaired) electrons. The maximum Gasteiger partial charge on any atom is 0.137 e. The number of hydrogen-bond acceptors (Lipinski definition) is 6. The van der Waals surface area contributed by atoms with Gasteiger partial charge in [-0.25, -0.2) is 0 Å². The van der Waals surface area contributed by atoms with Crippen LogP contribution in [0.3, 0.4) is 0 Å². The van der Waals surface area contributed by atoms with E-state index in [1.165, 1.54) is 0 Å². The molecule has 1 N–H and O–H groups in total. The Labute approximate surface area is 234 Å². The van der Waals surface area contributed by atoms with Crippen molar-refractivity contribution in [2.24, 2.45) is 0 Å². The van der Waals surface area contributed by atoms with E-state index in [9.17, 15) is 5.11 Å². The molecule has 0 spiro atoms. The van der Waals surface area contributed by atoms with Gasteiger partial charge in [-0.3, -0.25) is 0 Å². The zero-order valence-corrected chi connectivity index (χ0v) is 22.6. The van der Waals surface area contributed by atoms with Crippen LogP contribution >= 0.6 is 11.8 Å². The highest BCUT2D eigenvalue weighted by molar-refractivity contribution is 7.99. The van der Waals surface area contributed by atoms with Gasteiger partial charge >= 0.3 is 0 Å². The van der Waals surface area contributed by atoms with Crippen LogP contribution in [0, 0.1) is 0 Å². The van der Waals surface area contributed by atoms with Gasteiger partial charge < -0.3 is 24.1 Å². The highest BCUT2D eigenvalue weighted by Crippen LogP contribution is 2.36. The van der Waals surface area contributed by atoms with Crippen molar-refractivity contribution >= 4 is 11.8 Å². The highest BCUT2D eigenvalue weighted by Gasteiger charge is 2.47. The molecule has 5 nitrogen and oxygen atoms in total. The predicted molar refractivity (Wildman–Crippen MR) is 153 cm³/mol. The van der Waals surface area contributed by atoms with Gasteiger partial charge in [-0.1, -0.05) is 121 Å². The number of aliphatic hydroxyl groups is 1. The largest absolute Gasteiger partial charge is 0.387 e. The van der Waals surface area contributed by atoms with Crippen molar-refractivity contribution in [2.75, 3.05) is 6.61 Å². The first kappa shape index (κ1) is 27.6. The second kappa shape index (κ2) is 14.4. The Hall–Kier alpha value is -2.97. The molecule has 1 heterocycles. The zero-order chi connectivity index (χ0) is 26.7. The summed E-state index contributed by atoms with van der Waals surface area (Å²) in [5, 5.41) is 11.7. The van der Waals surface area contributed by atoms with Crippen LogP contribution in [0.5, 0.6) is 0 Å². The van der Waals surface area contributed by atoms with Crippen LogP contribution in [0.25, 0.3) is 0 Å². The number of hydrogen-bond donors (Lipinski definition) is 1. The Morgan fingerprint density at radius 2 is 1.05 bits per heavy atom. The van der Waals surface area contributed by atoms with Gasteiger partial charge in [0.05, 0.1) is 26.4 Å². The third-order valence-electron chi connectivity index (χ3n) is 6.58. The van der Waals surface area contributed by atoms with Crippen molar-refractivity contribution in [1.29, 1.82) is 0 Å².